The molecule has 2 N–H and O–H groups in total. The Labute approximate surface area is 205 Å². The molecule has 0 fully saturated rings. The predicted molar refractivity (Wildman–Crippen MR) is 131 cm³/mol. The number of benzene rings is 2. The third-order valence-electron chi connectivity index (χ3n) is 5.32. The summed E-state index contributed by atoms with van der Waals surface area (Å²) in [5.74, 6) is -0.940. The molecule has 0 saturated carbocycles. The van der Waals surface area contributed by atoms with Crippen molar-refractivity contribution >= 4 is 52.2 Å². The highest BCUT2D eigenvalue weighted by Gasteiger charge is 2.32. The number of rotatable bonds is 7. The lowest BCUT2D eigenvalue weighted by molar-refractivity contribution is -0.128. The van der Waals surface area contributed by atoms with Crippen molar-refractivity contribution in [1.82, 2.24) is 19.5 Å². The molecule has 2 heterocycles. The lowest BCUT2D eigenvalue weighted by Crippen LogP contribution is -2.36. The van der Waals surface area contributed by atoms with E-state index in [9.17, 15) is 14.4 Å². The number of carbonyl (C=O) groups excluding carboxylic acids is 3. The Hall–Kier alpha value is -4.31. The Kier molecular flexibility index (Phi) is 6.74. The lowest BCUT2D eigenvalue weighted by Gasteiger charge is -2.20. The maximum atomic E-state index is 13.5. The second kappa shape index (κ2) is 9.90. The predicted octanol–water partition coefficient (Wildman–Crippen LogP) is 3.74. The Bertz CT molecular complexity index is 1450. The fraction of sp³-hybridized carbons (Fsp3) is 0.167. The van der Waals surface area contributed by atoms with Gasteiger partial charge in [0.15, 0.2) is 11.7 Å². The third-order valence-corrected chi connectivity index (χ3v) is 5.65. The van der Waals surface area contributed by atoms with Gasteiger partial charge in [0.2, 0.25) is 0 Å². The van der Waals surface area contributed by atoms with Crippen molar-refractivity contribution in [3.8, 4) is 5.75 Å². The molecule has 2 aromatic heterocycles. The van der Waals surface area contributed by atoms with E-state index in [1.807, 2.05) is 6.92 Å². The summed E-state index contributed by atoms with van der Waals surface area (Å²) >= 11 is 6.22. The number of halogens is 1. The first-order valence-electron chi connectivity index (χ1n) is 10.5. The SMILES string of the molecule is COc1cc(C)ccc1NC(=O)C(C(=O)Nc1cc(C=O)ccc1Cl)n1cnc2c(C)ncnc21. The molecule has 2 amide bonds. The summed E-state index contributed by atoms with van der Waals surface area (Å²) < 4.78 is 6.73. The van der Waals surface area contributed by atoms with Crippen LogP contribution in [0.4, 0.5) is 11.4 Å². The summed E-state index contributed by atoms with van der Waals surface area (Å²) in [5, 5.41) is 5.60. The number of hydrogen-bond donors (Lipinski definition) is 2. The van der Waals surface area contributed by atoms with Crippen LogP contribution in [0.15, 0.2) is 49.1 Å². The van der Waals surface area contributed by atoms with Crippen molar-refractivity contribution in [1.29, 1.82) is 0 Å². The van der Waals surface area contributed by atoms with Crippen LogP contribution >= 0.6 is 11.6 Å². The van der Waals surface area contributed by atoms with E-state index in [2.05, 4.69) is 25.6 Å². The molecule has 0 saturated heterocycles. The van der Waals surface area contributed by atoms with Crippen LogP contribution in [0.1, 0.15) is 27.7 Å². The average Bonchev–Trinajstić information content (AvgIpc) is 3.26. The van der Waals surface area contributed by atoms with E-state index in [-0.39, 0.29) is 10.7 Å². The van der Waals surface area contributed by atoms with Crippen LogP contribution in [-0.4, -0.2) is 44.7 Å². The first-order chi connectivity index (χ1) is 16.8. The Morgan fingerprint density at radius 1 is 1.03 bits per heavy atom. The zero-order valence-corrected chi connectivity index (χ0v) is 19.8. The van der Waals surface area contributed by atoms with Gasteiger partial charge in [-0.05, 0) is 43.7 Å². The monoisotopic (exact) mass is 492 g/mol. The van der Waals surface area contributed by atoms with Gasteiger partial charge >= 0.3 is 0 Å². The summed E-state index contributed by atoms with van der Waals surface area (Å²) in [4.78, 5) is 50.8. The number of methoxy groups -OCH3 is 1. The molecule has 2 aromatic carbocycles. The summed E-state index contributed by atoms with van der Waals surface area (Å²) in [6, 6.07) is 8.24. The fourth-order valence-electron chi connectivity index (χ4n) is 3.55. The molecule has 0 aliphatic rings. The van der Waals surface area contributed by atoms with Crippen LogP contribution in [0.5, 0.6) is 5.75 Å². The van der Waals surface area contributed by atoms with Gasteiger partial charge in [0, 0.05) is 5.56 Å². The first-order valence-corrected chi connectivity index (χ1v) is 10.9. The third kappa shape index (κ3) is 4.82. The standard InChI is InChI=1S/C24H21ClN6O4/c1-13-4-7-17(19(8-13)35-3)29-23(33)21(31-12-28-20-14(2)26-11-27-22(20)31)24(34)30-18-9-15(10-32)5-6-16(18)25/h4-12,21H,1-3H3,(H,29,33)(H,30,34). The van der Waals surface area contributed by atoms with E-state index in [4.69, 9.17) is 16.3 Å². The average molecular weight is 493 g/mol. The summed E-state index contributed by atoms with van der Waals surface area (Å²) in [6.45, 7) is 3.64. The zero-order valence-electron chi connectivity index (χ0n) is 19.1. The van der Waals surface area contributed by atoms with Crippen molar-refractivity contribution in [3.63, 3.8) is 0 Å². The minimum Gasteiger partial charge on any atom is -0.495 e. The maximum Gasteiger partial charge on any atom is 0.257 e. The lowest BCUT2D eigenvalue weighted by atomic mass is 10.1. The second-order valence-electron chi connectivity index (χ2n) is 7.73. The number of ether oxygens (including phenoxy) is 1. The molecule has 4 aromatic rings. The molecule has 0 aliphatic carbocycles. The minimum atomic E-state index is -1.43. The number of nitrogens with one attached hydrogen (secondary N) is 2. The van der Waals surface area contributed by atoms with E-state index < -0.39 is 17.9 Å². The molecule has 178 valence electrons. The fourth-order valence-corrected chi connectivity index (χ4v) is 3.71. The smallest absolute Gasteiger partial charge is 0.257 e. The van der Waals surface area contributed by atoms with E-state index >= 15 is 0 Å². The molecule has 11 heteroatoms. The van der Waals surface area contributed by atoms with Gasteiger partial charge in [-0.3, -0.25) is 19.0 Å². The number of imidazole rings is 1. The highest BCUT2D eigenvalue weighted by Crippen LogP contribution is 2.28. The minimum absolute atomic E-state index is 0.183. The van der Waals surface area contributed by atoms with Gasteiger partial charge in [0.1, 0.15) is 23.9 Å². The second-order valence-corrected chi connectivity index (χ2v) is 8.13. The van der Waals surface area contributed by atoms with E-state index in [1.165, 1.54) is 42.5 Å². The molecule has 35 heavy (non-hydrogen) atoms. The quantitative estimate of drug-likeness (QED) is 0.297. The van der Waals surface area contributed by atoms with Gasteiger partial charge < -0.3 is 15.4 Å². The van der Waals surface area contributed by atoms with E-state index in [0.29, 0.717) is 40.1 Å². The molecule has 0 bridgehead atoms. The van der Waals surface area contributed by atoms with Gasteiger partial charge in [0.25, 0.3) is 11.8 Å². The summed E-state index contributed by atoms with van der Waals surface area (Å²) in [6.07, 6.45) is 3.31. The molecule has 1 unspecified atom stereocenters. The van der Waals surface area contributed by atoms with Crippen LogP contribution in [-0.2, 0) is 9.59 Å². The Morgan fingerprint density at radius 2 is 1.77 bits per heavy atom. The molecule has 1 atom stereocenters. The highest BCUT2D eigenvalue weighted by atomic mass is 35.5. The first kappa shape index (κ1) is 23.8. The largest absolute Gasteiger partial charge is 0.495 e. The maximum absolute atomic E-state index is 13.5. The number of aromatic nitrogens is 4. The molecular formula is C24H21ClN6O4. The van der Waals surface area contributed by atoms with Gasteiger partial charge in [0.05, 0.1) is 35.5 Å². The summed E-state index contributed by atoms with van der Waals surface area (Å²) in [5.41, 5.74) is 3.16. The van der Waals surface area contributed by atoms with Gasteiger partial charge in [-0.15, -0.1) is 0 Å². The van der Waals surface area contributed by atoms with Crippen molar-refractivity contribution in [2.24, 2.45) is 0 Å². The van der Waals surface area contributed by atoms with Crippen LogP contribution in [0.2, 0.25) is 5.02 Å². The van der Waals surface area contributed by atoms with E-state index in [0.717, 1.165) is 5.56 Å². The number of carbonyl (C=O) groups is 3. The molecular weight excluding hydrogens is 472 g/mol. The molecule has 10 nitrogen and oxygen atoms in total. The number of amides is 2. The van der Waals surface area contributed by atoms with Crippen molar-refractivity contribution < 1.29 is 19.1 Å². The zero-order chi connectivity index (χ0) is 25.1. The number of nitrogens with zero attached hydrogens (tertiary/aromatic N) is 4. The summed E-state index contributed by atoms with van der Waals surface area (Å²) in [7, 11) is 1.49. The number of aldehydes is 1. The van der Waals surface area contributed by atoms with Crippen LogP contribution in [0, 0.1) is 13.8 Å². The van der Waals surface area contributed by atoms with Crippen molar-refractivity contribution in [2.75, 3.05) is 17.7 Å². The Morgan fingerprint density at radius 3 is 2.49 bits per heavy atom. The van der Waals surface area contributed by atoms with Gasteiger partial charge in [-0.2, -0.15) is 0 Å². The molecule has 4 rings (SSSR count). The molecule has 0 aliphatic heterocycles. The van der Waals surface area contributed by atoms with Crippen LogP contribution in [0.3, 0.4) is 0 Å². The van der Waals surface area contributed by atoms with Gasteiger partial charge in [-0.1, -0.05) is 23.7 Å². The van der Waals surface area contributed by atoms with Crippen LogP contribution in [0.25, 0.3) is 11.2 Å². The number of anilines is 2. The van der Waals surface area contributed by atoms with Crippen LogP contribution < -0.4 is 15.4 Å². The van der Waals surface area contributed by atoms with Gasteiger partial charge in [-0.25, -0.2) is 15.0 Å². The van der Waals surface area contributed by atoms with Crippen molar-refractivity contribution in [2.45, 2.75) is 19.9 Å². The molecule has 0 spiro atoms. The van der Waals surface area contributed by atoms with Crippen molar-refractivity contribution in [3.05, 3.63) is 70.9 Å². The normalized spacial score (nSPS) is 11.7. The highest BCUT2D eigenvalue weighted by molar-refractivity contribution is 6.34. The molecule has 0 radical (unpaired) electrons. The number of hydrogen-bond acceptors (Lipinski definition) is 7. The number of aryl methyl sites for hydroxylation is 2. The van der Waals surface area contributed by atoms with E-state index in [1.54, 1.807) is 25.1 Å². The Balaban J connectivity index is 1.76. The number of fused-ring (bicyclic) bond motifs is 1. The topological polar surface area (TPSA) is 128 Å².